The van der Waals surface area contributed by atoms with Gasteiger partial charge in [-0.2, -0.15) is 0 Å². The Morgan fingerprint density at radius 3 is 2.70 bits per heavy atom. The molecule has 11 heteroatoms. The average molecular weight is 458 g/mol. The summed E-state index contributed by atoms with van der Waals surface area (Å²) >= 11 is 0. The smallest absolute Gasteiger partial charge is 0.366 e. The molecule has 33 heavy (non-hydrogen) atoms. The summed E-state index contributed by atoms with van der Waals surface area (Å²) in [5, 5.41) is 11.3. The maximum atomic E-state index is 14.3. The predicted octanol–water partition coefficient (Wildman–Crippen LogP) is 3.58. The summed E-state index contributed by atoms with van der Waals surface area (Å²) in [5.74, 6) is -0.415. The highest BCUT2D eigenvalue weighted by molar-refractivity contribution is 5.88. The molecule has 174 valence electrons. The number of rotatable bonds is 9. The van der Waals surface area contributed by atoms with Crippen LogP contribution in [0.4, 0.5) is 10.2 Å². The monoisotopic (exact) mass is 458 g/mol. The zero-order valence-electron chi connectivity index (χ0n) is 18.0. The number of halogens is 1. The van der Waals surface area contributed by atoms with Gasteiger partial charge in [0, 0.05) is 37.3 Å². The van der Waals surface area contributed by atoms with Gasteiger partial charge < -0.3 is 29.1 Å². The van der Waals surface area contributed by atoms with Crippen LogP contribution in [0.2, 0.25) is 0 Å². The minimum Gasteiger partial charge on any atom is -0.493 e. The number of benzene rings is 1. The van der Waals surface area contributed by atoms with Gasteiger partial charge in [0.25, 0.3) is 0 Å². The van der Waals surface area contributed by atoms with Crippen LogP contribution in [0.3, 0.4) is 0 Å². The van der Waals surface area contributed by atoms with Crippen molar-refractivity contribution in [1.82, 2.24) is 14.9 Å². The Morgan fingerprint density at radius 2 is 1.97 bits per heavy atom. The van der Waals surface area contributed by atoms with Crippen LogP contribution in [-0.4, -0.2) is 66.4 Å². The lowest BCUT2D eigenvalue weighted by Crippen LogP contribution is -2.37. The van der Waals surface area contributed by atoms with E-state index in [1.54, 1.807) is 18.2 Å². The first kappa shape index (κ1) is 22.6. The molecule has 0 amide bonds. The number of nitrogens with zero attached hydrogens (tertiary/aromatic N) is 4. The second-order valence-electron chi connectivity index (χ2n) is 7.32. The first-order chi connectivity index (χ1) is 16.0. The first-order valence-electron chi connectivity index (χ1n) is 10.4. The summed E-state index contributed by atoms with van der Waals surface area (Å²) in [6, 6.07) is 5.71. The van der Waals surface area contributed by atoms with Crippen LogP contribution in [0, 0.1) is 15.9 Å². The Labute approximate surface area is 189 Å². The molecule has 0 radical (unpaired) electrons. The van der Waals surface area contributed by atoms with E-state index in [2.05, 4.69) is 14.9 Å². The lowest BCUT2D eigenvalue weighted by molar-refractivity contribution is -0.389. The van der Waals surface area contributed by atoms with Crippen LogP contribution in [0.15, 0.2) is 36.7 Å². The quantitative estimate of drug-likeness (QED) is 0.270. The Bertz CT molecular complexity index is 1140. The molecule has 0 bridgehead atoms. The molecule has 10 nitrogen and oxygen atoms in total. The molecule has 0 saturated carbocycles. The van der Waals surface area contributed by atoms with E-state index in [0.29, 0.717) is 40.8 Å². The van der Waals surface area contributed by atoms with Crippen LogP contribution >= 0.6 is 0 Å². The van der Waals surface area contributed by atoms with Crippen molar-refractivity contribution in [2.45, 2.75) is 6.42 Å². The van der Waals surface area contributed by atoms with Crippen LogP contribution in [-0.2, 0) is 4.74 Å². The van der Waals surface area contributed by atoms with E-state index in [9.17, 15) is 14.5 Å². The molecular weight excluding hydrogens is 435 g/mol. The molecule has 0 spiro atoms. The van der Waals surface area contributed by atoms with E-state index in [0.717, 1.165) is 45.5 Å². The van der Waals surface area contributed by atoms with Crippen LogP contribution < -0.4 is 14.2 Å². The van der Waals surface area contributed by atoms with Crippen LogP contribution in [0.5, 0.6) is 23.0 Å². The highest BCUT2D eigenvalue weighted by atomic mass is 19.1. The number of fused-ring (bicyclic) bond motifs is 1. The second kappa shape index (κ2) is 10.4. The Kier molecular flexibility index (Phi) is 7.10. The number of pyridine rings is 2. The number of nitro groups is 1. The van der Waals surface area contributed by atoms with Gasteiger partial charge in [-0.1, -0.05) is 0 Å². The Hall–Kier alpha value is -3.57. The van der Waals surface area contributed by atoms with Gasteiger partial charge in [-0.3, -0.25) is 9.88 Å². The van der Waals surface area contributed by atoms with E-state index < -0.39 is 16.6 Å². The number of ether oxygens (including phenoxy) is 4. The lowest BCUT2D eigenvalue weighted by atomic mass is 10.2. The normalized spacial score (nSPS) is 14.2. The molecule has 1 saturated heterocycles. The molecular formula is C22H23FN4O6. The second-order valence-corrected chi connectivity index (χ2v) is 7.32. The molecule has 0 aliphatic carbocycles. The largest absolute Gasteiger partial charge is 0.493 e. The molecule has 4 rings (SSSR count). The number of methoxy groups -OCH3 is 1. The first-order valence-corrected chi connectivity index (χ1v) is 10.4. The summed E-state index contributed by atoms with van der Waals surface area (Å²) in [7, 11) is 1.53. The van der Waals surface area contributed by atoms with Crippen molar-refractivity contribution in [1.29, 1.82) is 0 Å². The highest BCUT2D eigenvalue weighted by Crippen LogP contribution is 2.37. The van der Waals surface area contributed by atoms with Crippen molar-refractivity contribution in [2.24, 2.45) is 0 Å². The summed E-state index contributed by atoms with van der Waals surface area (Å²) in [4.78, 5) is 20.3. The standard InChI is InChI=1S/C22H23FN4O6/c1-30-19-11-15-17(13-20(19)32-8-2-5-26-6-9-31-10-7-26)24-4-3-18(15)33-21-14-25-22(27(28)29)12-16(21)23/h3-4,11-14H,2,5-10H2,1H3. The number of hydrogen-bond donors (Lipinski definition) is 0. The summed E-state index contributed by atoms with van der Waals surface area (Å²) < 4.78 is 36.7. The fourth-order valence-corrected chi connectivity index (χ4v) is 3.49. The predicted molar refractivity (Wildman–Crippen MR) is 117 cm³/mol. The van der Waals surface area contributed by atoms with E-state index >= 15 is 0 Å². The summed E-state index contributed by atoms with van der Waals surface area (Å²) in [5.41, 5.74) is 0.562. The van der Waals surface area contributed by atoms with E-state index in [-0.39, 0.29) is 5.75 Å². The average Bonchev–Trinajstić information content (AvgIpc) is 2.83. The Morgan fingerprint density at radius 1 is 1.15 bits per heavy atom. The molecule has 2 aromatic heterocycles. The topological polar surface area (TPSA) is 109 Å². The van der Waals surface area contributed by atoms with Crippen molar-refractivity contribution >= 4 is 16.7 Å². The molecule has 1 aromatic carbocycles. The lowest BCUT2D eigenvalue weighted by Gasteiger charge is -2.26. The van der Waals surface area contributed by atoms with Gasteiger partial charge in [0.05, 0.1) is 38.5 Å². The van der Waals surface area contributed by atoms with Gasteiger partial charge in [0.1, 0.15) is 5.75 Å². The number of morpholine rings is 1. The van der Waals surface area contributed by atoms with E-state index in [1.807, 2.05) is 0 Å². The third-order valence-corrected chi connectivity index (χ3v) is 5.18. The number of aromatic nitrogens is 2. The minimum atomic E-state index is -0.895. The molecule has 3 heterocycles. The van der Waals surface area contributed by atoms with Crippen molar-refractivity contribution < 1.29 is 28.3 Å². The third-order valence-electron chi connectivity index (χ3n) is 5.18. The molecule has 1 aliphatic rings. The molecule has 1 aliphatic heterocycles. The molecule has 0 unspecified atom stereocenters. The summed E-state index contributed by atoms with van der Waals surface area (Å²) in [6.45, 7) is 4.80. The Balaban J connectivity index is 1.50. The van der Waals surface area contributed by atoms with Crippen molar-refractivity contribution in [3.8, 4) is 23.0 Å². The molecule has 1 fully saturated rings. The van der Waals surface area contributed by atoms with E-state index in [4.69, 9.17) is 18.9 Å². The van der Waals surface area contributed by atoms with Crippen molar-refractivity contribution in [3.63, 3.8) is 0 Å². The van der Waals surface area contributed by atoms with Gasteiger partial charge in [0.15, 0.2) is 23.5 Å². The minimum absolute atomic E-state index is 0.240. The van der Waals surface area contributed by atoms with Gasteiger partial charge >= 0.3 is 5.82 Å². The fourth-order valence-electron chi connectivity index (χ4n) is 3.49. The van der Waals surface area contributed by atoms with Gasteiger partial charge in [-0.25, -0.2) is 4.39 Å². The fraction of sp³-hybridized carbons (Fsp3) is 0.364. The molecule has 0 atom stereocenters. The van der Waals surface area contributed by atoms with E-state index in [1.165, 1.54) is 13.3 Å². The highest BCUT2D eigenvalue weighted by Gasteiger charge is 2.18. The number of hydrogen-bond acceptors (Lipinski definition) is 9. The maximum Gasteiger partial charge on any atom is 0.366 e. The van der Waals surface area contributed by atoms with Crippen molar-refractivity contribution in [3.05, 3.63) is 52.6 Å². The summed E-state index contributed by atoms with van der Waals surface area (Å²) in [6.07, 6.45) is 3.34. The maximum absolute atomic E-state index is 14.3. The van der Waals surface area contributed by atoms with Gasteiger partial charge in [0.2, 0.25) is 5.75 Å². The van der Waals surface area contributed by atoms with Crippen molar-refractivity contribution in [2.75, 3.05) is 46.6 Å². The van der Waals surface area contributed by atoms with Crippen LogP contribution in [0.25, 0.3) is 10.9 Å². The van der Waals surface area contributed by atoms with Crippen LogP contribution in [0.1, 0.15) is 6.42 Å². The molecule has 3 aromatic rings. The third kappa shape index (κ3) is 5.44. The van der Waals surface area contributed by atoms with Gasteiger partial charge in [-0.05, 0) is 28.5 Å². The SMILES string of the molecule is COc1cc2c(Oc3cnc([N+](=O)[O-])cc3F)ccnc2cc1OCCCN1CCOCC1. The zero-order valence-corrected chi connectivity index (χ0v) is 18.0. The van der Waals surface area contributed by atoms with Gasteiger partial charge in [-0.15, -0.1) is 0 Å². The zero-order chi connectivity index (χ0) is 23.2. The molecule has 0 N–H and O–H groups in total.